The van der Waals surface area contributed by atoms with Gasteiger partial charge in [-0.25, -0.2) is 13.2 Å². The molecule has 3 amide bonds. The summed E-state index contributed by atoms with van der Waals surface area (Å²) in [5, 5.41) is 5.57. The van der Waals surface area contributed by atoms with E-state index in [1.54, 1.807) is 4.90 Å². The zero-order chi connectivity index (χ0) is 18.7. The number of hydrogen-bond donors (Lipinski definition) is 2. The van der Waals surface area contributed by atoms with Gasteiger partial charge in [0.05, 0.1) is 11.5 Å². The lowest BCUT2D eigenvalue weighted by Crippen LogP contribution is -2.53. The number of urea groups is 1. The maximum Gasteiger partial charge on any atom is 0.317 e. The van der Waals surface area contributed by atoms with Gasteiger partial charge in [0.1, 0.15) is 0 Å². The van der Waals surface area contributed by atoms with Gasteiger partial charge in [-0.1, -0.05) is 0 Å². The highest BCUT2D eigenvalue weighted by Crippen LogP contribution is 2.20. The molecule has 1 unspecified atom stereocenters. The Kier molecular flexibility index (Phi) is 5.36. The standard InChI is InChI=1S/C17H24N4O4S/c1-13(22)18-14-2-4-16(5-3-14)20-7-9-21(10-8-20)17(23)19-15-6-11-26(24,25)12-15/h2-5,15H,6-12H2,1H3,(H,18,22)(H,19,23). The van der Waals surface area contributed by atoms with Crippen molar-refractivity contribution in [3.05, 3.63) is 24.3 Å². The molecule has 2 N–H and O–H groups in total. The van der Waals surface area contributed by atoms with Gasteiger partial charge in [0.2, 0.25) is 5.91 Å². The van der Waals surface area contributed by atoms with E-state index in [0.717, 1.165) is 11.4 Å². The van der Waals surface area contributed by atoms with Crippen molar-refractivity contribution < 1.29 is 18.0 Å². The summed E-state index contributed by atoms with van der Waals surface area (Å²) in [5.41, 5.74) is 1.80. The van der Waals surface area contributed by atoms with E-state index in [1.165, 1.54) is 6.92 Å². The van der Waals surface area contributed by atoms with Gasteiger partial charge in [-0.3, -0.25) is 4.79 Å². The van der Waals surface area contributed by atoms with Crippen molar-refractivity contribution in [3.8, 4) is 0 Å². The smallest absolute Gasteiger partial charge is 0.317 e. The molecule has 2 aliphatic rings. The fraction of sp³-hybridized carbons (Fsp3) is 0.529. The normalized spacial score (nSPS) is 22.1. The second kappa shape index (κ2) is 7.53. The molecule has 0 aliphatic carbocycles. The minimum absolute atomic E-state index is 0.0410. The minimum Gasteiger partial charge on any atom is -0.368 e. The second-order valence-corrected chi connectivity index (χ2v) is 8.98. The fourth-order valence-electron chi connectivity index (χ4n) is 3.30. The van der Waals surface area contributed by atoms with Crippen LogP contribution in [0, 0.1) is 0 Å². The van der Waals surface area contributed by atoms with Crippen molar-refractivity contribution in [2.45, 2.75) is 19.4 Å². The molecule has 0 bridgehead atoms. The predicted octanol–water partition coefficient (Wildman–Crippen LogP) is 0.664. The topological polar surface area (TPSA) is 98.8 Å². The molecule has 0 spiro atoms. The van der Waals surface area contributed by atoms with Gasteiger partial charge in [0.15, 0.2) is 9.84 Å². The van der Waals surface area contributed by atoms with Crippen LogP contribution in [0.4, 0.5) is 16.2 Å². The third-order valence-electron chi connectivity index (χ3n) is 4.68. The van der Waals surface area contributed by atoms with Crippen molar-refractivity contribution in [2.24, 2.45) is 0 Å². The lowest BCUT2D eigenvalue weighted by atomic mass is 10.2. The molecule has 142 valence electrons. The summed E-state index contributed by atoms with van der Waals surface area (Å²) in [5.74, 6) is 0.0898. The Morgan fingerprint density at radius 1 is 1.08 bits per heavy atom. The van der Waals surface area contributed by atoms with Crippen LogP contribution in [-0.4, -0.2) is 69.0 Å². The summed E-state index contributed by atoms with van der Waals surface area (Å²) in [6.07, 6.45) is 0.495. The van der Waals surface area contributed by atoms with Gasteiger partial charge in [-0.05, 0) is 30.7 Å². The van der Waals surface area contributed by atoms with Gasteiger partial charge in [0, 0.05) is 50.5 Å². The Morgan fingerprint density at radius 3 is 2.27 bits per heavy atom. The summed E-state index contributed by atoms with van der Waals surface area (Å²) in [4.78, 5) is 27.3. The number of nitrogens with one attached hydrogen (secondary N) is 2. The highest BCUT2D eigenvalue weighted by molar-refractivity contribution is 7.91. The van der Waals surface area contributed by atoms with E-state index in [9.17, 15) is 18.0 Å². The first-order valence-electron chi connectivity index (χ1n) is 8.71. The Labute approximate surface area is 153 Å². The van der Waals surface area contributed by atoms with Crippen LogP contribution in [-0.2, 0) is 14.6 Å². The van der Waals surface area contributed by atoms with E-state index in [2.05, 4.69) is 15.5 Å². The molecule has 1 aromatic rings. The predicted molar refractivity (Wildman–Crippen MR) is 100 cm³/mol. The SMILES string of the molecule is CC(=O)Nc1ccc(N2CCN(C(=O)NC3CCS(=O)(=O)C3)CC2)cc1. The van der Waals surface area contributed by atoms with Gasteiger partial charge in [-0.15, -0.1) is 0 Å². The number of anilines is 2. The molecule has 3 rings (SSSR count). The van der Waals surface area contributed by atoms with E-state index < -0.39 is 9.84 Å². The highest BCUT2D eigenvalue weighted by atomic mass is 32.2. The average molecular weight is 380 g/mol. The Hall–Kier alpha value is -2.29. The number of sulfone groups is 1. The monoisotopic (exact) mass is 380 g/mol. The molecule has 0 aromatic heterocycles. The average Bonchev–Trinajstić information content (AvgIpc) is 2.94. The molecular weight excluding hydrogens is 356 g/mol. The van der Waals surface area contributed by atoms with Crippen LogP contribution in [0.2, 0.25) is 0 Å². The van der Waals surface area contributed by atoms with E-state index in [-0.39, 0.29) is 29.5 Å². The number of rotatable bonds is 3. The van der Waals surface area contributed by atoms with Crippen LogP contribution in [0.15, 0.2) is 24.3 Å². The van der Waals surface area contributed by atoms with Crippen LogP contribution in [0.1, 0.15) is 13.3 Å². The lowest BCUT2D eigenvalue weighted by molar-refractivity contribution is -0.114. The molecule has 9 heteroatoms. The lowest BCUT2D eigenvalue weighted by Gasteiger charge is -2.36. The molecular formula is C17H24N4O4S. The van der Waals surface area contributed by atoms with Crippen molar-refractivity contribution >= 4 is 33.2 Å². The number of carbonyl (C=O) groups is 2. The molecule has 2 heterocycles. The van der Waals surface area contributed by atoms with Gasteiger partial charge < -0.3 is 20.4 Å². The number of hydrogen-bond acceptors (Lipinski definition) is 5. The van der Waals surface area contributed by atoms with Gasteiger partial charge in [-0.2, -0.15) is 0 Å². The van der Waals surface area contributed by atoms with Crippen LogP contribution >= 0.6 is 0 Å². The van der Waals surface area contributed by atoms with Crippen molar-refractivity contribution in [1.82, 2.24) is 10.2 Å². The summed E-state index contributed by atoms with van der Waals surface area (Å²) < 4.78 is 23.0. The third-order valence-corrected chi connectivity index (χ3v) is 6.45. The molecule has 26 heavy (non-hydrogen) atoms. The molecule has 8 nitrogen and oxygen atoms in total. The first kappa shape index (κ1) is 18.5. The van der Waals surface area contributed by atoms with Crippen molar-refractivity contribution in [3.63, 3.8) is 0 Å². The quantitative estimate of drug-likeness (QED) is 0.803. The highest BCUT2D eigenvalue weighted by Gasteiger charge is 2.30. The Balaban J connectivity index is 1.49. The van der Waals surface area contributed by atoms with E-state index in [0.29, 0.717) is 32.6 Å². The molecule has 2 fully saturated rings. The fourth-order valence-corrected chi connectivity index (χ4v) is 4.97. The summed E-state index contributed by atoms with van der Waals surface area (Å²) in [7, 11) is -3.00. The maximum atomic E-state index is 12.3. The molecule has 1 atom stereocenters. The van der Waals surface area contributed by atoms with Crippen LogP contribution in [0.5, 0.6) is 0 Å². The first-order chi connectivity index (χ1) is 12.3. The molecule has 0 radical (unpaired) electrons. The number of benzene rings is 1. The number of nitrogens with zero attached hydrogens (tertiary/aromatic N) is 2. The van der Waals surface area contributed by atoms with Crippen LogP contribution in [0.3, 0.4) is 0 Å². The van der Waals surface area contributed by atoms with Crippen molar-refractivity contribution in [2.75, 3.05) is 47.9 Å². The number of piperazine rings is 1. The zero-order valence-corrected chi connectivity index (χ0v) is 15.6. The largest absolute Gasteiger partial charge is 0.368 e. The zero-order valence-electron chi connectivity index (χ0n) is 14.8. The minimum atomic E-state index is -3.00. The molecule has 2 aliphatic heterocycles. The number of amides is 3. The number of carbonyl (C=O) groups excluding carboxylic acids is 2. The van der Waals surface area contributed by atoms with Crippen LogP contribution < -0.4 is 15.5 Å². The summed E-state index contributed by atoms with van der Waals surface area (Å²) in [6, 6.07) is 7.15. The van der Waals surface area contributed by atoms with Gasteiger partial charge in [0.25, 0.3) is 0 Å². The Bertz CT molecular complexity index is 770. The first-order valence-corrected chi connectivity index (χ1v) is 10.5. The Morgan fingerprint density at radius 2 is 1.73 bits per heavy atom. The van der Waals surface area contributed by atoms with Crippen LogP contribution in [0.25, 0.3) is 0 Å². The maximum absolute atomic E-state index is 12.3. The van der Waals surface area contributed by atoms with Crippen molar-refractivity contribution in [1.29, 1.82) is 0 Å². The summed E-state index contributed by atoms with van der Waals surface area (Å²) >= 11 is 0. The van der Waals surface area contributed by atoms with E-state index in [4.69, 9.17) is 0 Å². The molecule has 2 saturated heterocycles. The molecule has 1 aromatic carbocycles. The third kappa shape index (κ3) is 4.66. The molecule has 0 saturated carbocycles. The van der Waals surface area contributed by atoms with E-state index >= 15 is 0 Å². The second-order valence-electron chi connectivity index (χ2n) is 6.75. The van der Waals surface area contributed by atoms with Gasteiger partial charge >= 0.3 is 6.03 Å². The summed E-state index contributed by atoms with van der Waals surface area (Å²) in [6.45, 7) is 4.04. The van der Waals surface area contributed by atoms with E-state index in [1.807, 2.05) is 24.3 Å².